The number of nitrogens with one attached hydrogen (secondary N) is 1. The molecular weight excluding hydrogens is 400 g/mol. The number of methoxy groups -OCH3 is 3. The van der Waals surface area contributed by atoms with E-state index in [0.29, 0.717) is 17.2 Å². The molecule has 9 nitrogen and oxygen atoms in total. The van der Waals surface area contributed by atoms with E-state index in [1.165, 1.54) is 50.1 Å². The van der Waals surface area contributed by atoms with Crippen LogP contribution in [-0.2, 0) is 9.59 Å². The lowest BCUT2D eigenvalue weighted by molar-refractivity contribution is -0.165. The monoisotopic (exact) mass is 424 g/mol. The van der Waals surface area contributed by atoms with Crippen LogP contribution in [0.4, 0.5) is 0 Å². The van der Waals surface area contributed by atoms with Gasteiger partial charge in [0.05, 0.1) is 21.3 Å². The summed E-state index contributed by atoms with van der Waals surface area (Å²) in [5.74, 6) is -1.01. The summed E-state index contributed by atoms with van der Waals surface area (Å²) in [6.45, 7) is 5.17. The molecule has 0 saturated carbocycles. The highest BCUT2D eigenvalue weighted by Crippen LogP contribution is 2.54. The summed E-state index contributed by atoms with van der Waals surface area (Å²) in [6.07, 6.45) is 0. The number of aliphatic carboxylic acids is 1. The van der Waals surface area contributed by atoms with Crippen LogP contribution in [0.1, 0.15) is 31.1 Å². The van der Waals surface area contributed by atoms with Gasteiger partial charge >= 0.3 is 5.97 Å². The van der Waals surface area contributed by atoms with Crippen molar-refractivity contribution in [2.24, 2.45) is 0 Å². The minimum absolute atomic E-state index is 0.226. The SMILES string of the molecule is COc1cc(C(=O)NC2(C)C(=O)N3[C@@H](C(=O)O)C(C)(C)S[C@@H]32)cc(OC)c1OC. The first-order valence-corrected chi connectivity index (χ1v) is 9.75. The van der Waals surface area contributed by atoms with Crippen molar-refractivity contribution in [2.45, 2.75) is 42.5 Å². The second-order valence-electron chi connectivity index (χ2n) is 7.60. The zero-order valence-electron chi connectivity index (χ0n) is 17.1. The van der Waals surface area contributed by atoms with Gasteiger partial charge in [0, 0.05) is 10.3 Å². The van der Waals surface area contributed by atoms with Crippen molar-refractivity contribution in [1.82, 2.24) is 10.2 Å². The van der Waals surface area contributed by atoms with E-state index in [4.69, 9.17) is 14.2 Å². The Labute approximate surface area is 172 Å². The van der Waals surface area contributed by atoms with Crippen LogP contribution in [0.15, 0.2) is 12.1 Å². The fourth-order valence-electron chi connectivity index (χ4n) is 3.86. The third kappa shape index (κ3) is 3.06. The topological polar surface area (TPSA) is 114 Å². The quantitative estimate of drug-likeness (QED) is 0.658. The van der Waals surface area contributed by atoms with Gasteiger partial charge in [-0.15, -0.1) is 11.8 Å². The van der Waals surface area contributed by atoms with Gasteiger partial charge in [0.25, 0.3) is 11.8 Å². The fourth-order valence-corrected chi connectivity index (χ4v) is 5.50. The van der Waals surface area contributed by atoms with E-state index < -0.39 is 39.5 Å². The number of nitrogens with zero attached hydrogens (tertiary/aromatic N) is 1. The fraction of sp³-hybridized carbons (Fsp3) is 0.526. The standard InChI is InChI=1S/C19H24N2O7S/c1-18(2)13(15(23)24)21-16(25)19(3,17(21)29-18)20-14(22)9-7-10(26-4)12(28-6)11(8-9)27-5/h7-8,13,17H,1-6H3,(H,20,22)(H,23,24)/t13-,17+,19?/m0/s1. The minimum atomic E-state index is -1.22. The number of thioether (sulfide) groups is 1. The summed E-state index contributed by atoms with van der Waals surface area (Å²) in [5, 5.41) is 11.8. The van der Waals surface area contributed by atoms with E-state index in [-0.39, 0.29) is 5.56 Å². The van der Waals surface area contributed by atoms with Gasteiger partial charge in [-0.1, -0.05) is 0 Å². The van der Waals surface area contributed by atoms with Crippen LogP contribution < -0.4 is 19.5 Å². The number of hydrogen-bond donors (Lipinski definition) is 2. The molecule has 10 heteroatoms. The maximum absolute atomic E-state index is 12.9. The molecule has 2 aliphatic rings. The molecular formula is C19H24N2O7S. The number of hydrogen-bond acceptors (Lipinski definition) is 7. The predicted octanol–water partition coefficient (Wildman–Crippen LogP) is 1.35. The highest BCUT2D eigenvalue weighted by atomic mass is 32.2. The number of carboxylic acids is 1. The van der Waals surface area contributed by atoms with Crippen molar-refractivity contribution in [3.63, 3.8) is 0 Å². The number of benzene rings is 1. The number of carbonyl (C=O) groups excluding carboxylic acids is 2. The molecule has 2 fully saturated rings. The molecule has 3 atom stereocenters. The first kappa shape index (κ1) is 21.1. The number of rotatable bonds is 6. The number of amides is 2. The zero-order valence-corrected chi connectivity index (χ0v) is 17.9. The van der Waals surface area contributed by atoms with Gasteiger partial charge in [-0.2, -0.15) is 0 Å². The van der Waals surface area contributed by atoms with Gasteiger partial charge in [0.15, 0.2) is 11.5 Å². The molecule has 3 rings (SSSR count). The normalized spacial score (nSPS) is 27.0. The molecule has 2 N–H and O–H groups in total. The molecule has 1 aromatic rings. The van der Waals surface area contributed by atoms with Crippen molar-refractivity contribution >= 4 is 29.5 Å². The highest BCUT2D eigenvalue weighted by molar-refractivity contribution is 8.01. The maximum Gasteiger partial charge on any atom is 0.327 e. The third-order valence-electron chi connectivity index (χ3n) is 5.31. The smallest absolute Gasteiger partial charge is 0.327 e. The Morgan fingerprint density at radius 3 is 2.10 bits per heavy atom. The van der Waals surface area contributed by atoms with Gasteiger partial charge in [0.2, 0.25) is 5.75 Å². The van der Waals surface area contributed by atoms with E-state index in [9.17, 15) is 19.5 Å². The van der Waals surface area contributed by atoms with Crippen LogP contribution >= 0.6 is 11.8 Å². The van der Waals surface area contributed by atoms with Crippen LogP contribution in [0.5, 0.6) is 17.2 Å². The molecule has 0 radical (unpaired) electrons. The Kier molecular flexibility index (Phi) is 5.10. The lowest BCUT2D eigenvalue weighted by Crippen LogP contribution is -2.78. The summed E-state index contributed by atoms with van der Waals surface area (Å²) >= 11 is 1.36. The van der Waals surface area contributed by atoms with Gasteiger partial charge in [-0.3, -0.25) is 9.59 Å². The molecule has 0 spiro atoms. The van der Waals surface area contributed by atoms with Gasteiger partial charge in [-0.25, -0.2) is 4.79 Å². The molecule has 1 aromatic carbocycles. The van der Waals surface area contributed by atoms with Crippen LogP contribution in [-0.4, -0.2) is 70.8 Å². The number of carboxylic acid groups (broad SMARTS) is 1. The third-order valence-corrected chi connectivity index (χ3v) is 7.06. The first-order valence-electron chi connectivity index (χ1n) is 8.87. The Balaban J connectivity index is 1.89. The number of β-lactam (4-membered cyclic amide) rings is 1. The second kappa shape index (κ2) is 7.01. The lowest BCUT2D eigenvalue weighted by Gasteiger charge is -2.51. The van der Waals surface area contributed by atoms with E-state index in [2.05, 4.69) is 5.32 Å². The molecule has 2 aliphatic heterocycles. The summed E-state index contributed by atoms with van der Waals surface area (Å²) in [7, 11) is 4.34. The van der Waals surface area contributed by atoms with Gasteiger partial charge in [0.1, 0.15) is 17.0 Å². The number of ether oxygens (including phenoxy) is 3. The predicted molar refractivity (Wildman–Crippen MR) is 106 cm³/mol. The van der Waals surface area contributed by atoms with Gasteiger partial charge < -0.3 is 29.5 Å². The Hall–Kier alpha value is -2.62. The van der Waals surface area contributed by atoms with E-state index in [1.807, 2.05) is 0 Å². The lowest BCUT2D eigenvalue weighted by atomic mass is 9.86. The molecule has 2 heterocycles. The molecule has 29 heavy (non-hydrogen) atoms. The Bertz CT molecular complexity index is 862. The molecule has 1 unspecified atom stereocenters. The van der Waals surface area contributed by atoms with Crippen molar-refractivity contribution < 1.29 is 33.7 Å². The summed E-state index contributed by atoms with van der Waals surface area (Å²) in [6, 6.07) is 2.04. The molecule has 0 aromatic heterocycles. The Morgan fingerprint density at radius 2 is 1.66 bits per heavy atom. The van der Waals surface area contributed by atoms with Crippen LogP contribution in [0.3, 0.4) is 0 Å². The average Bonchev–Trinajstić information content (AvgIpc) is 2.95. The molecule has 0 bridgehead atoms. The average molecular weight is 424 g/mol. The van der Waals surface area contributed by atoms with Crippen LogP contribution in [0.25, 0.3) is 0 Å². The second-order valence-corrected chi connectivity index (χ2v) is 9.33. The molecule has 2 amide bonds. The zero-order chi connectivity index (χ0) is 21.7. The number of fused-ring (bicyclic) bond motifs is 1. The molecule has 2 saturated heterocycles. The highest BCUT2D eigenvalue weighted by Gasteiger charge is 2.70. The van der Waals surface area contributed by atoms with Gasteiger partial charge in [-0.05, 0) is 32.9 Å². The van der Waals surface area contributed by atoms with E-state index >= 15 is 0 Å². The molecule has 158 valence electrons. The summed E-state index contributed by atoms with van der Waals surface area (Å²) in [4.78, 5) is 38.8. The van der Waals surface area contributed by atoms with Crippen molar-refractivity contribution in [3.8, 4) is 17.2 Å². The largest absolute Gasteiger partial charge is 0.493 e. The van der Waals surface area contributed by atoms with Crippen LogP contribution in [0, 0.1) is 0 Å². The van der Waals surface area contributed by atoms with E-state index in [0.717, 1.165) is 0 Å². The number of carbonyl (C=O) groups is 3. The maximum atomic E-state index is 12.9. The first-order chi connectivity index (χ1) is 13.5. The Morgan fingerprint density at radius 1 is 1.10 bits per heavy atom. The van der Waals surface area contributed by atoms with E-state index in [1.54, 1.807) is 20.8 Å². The van der Waals surface area contributed by atoms with Crippen LogP contribution in [0.2, 0.25) is 0 Å². The summed E-state index contributed by atoms with van der Waals surface area (Å²) < 4.78 is 15.1. The summed E-state index contributed by atoms with van der Waals surface area (Å²) in [5.41, 5.74) is -0.993. The molecule has 0 aliphatic carbocycles. The van der Waals surface area contributed by atoms with Crippen molar-refractivity contribution in [1.29, 1.82) is 0 Å². The van der Waals surface area contributed by atoms with Crippen molar-refractivity contribution in [3.05, 3.63) is 17.7 Å². The minimum Gasteiger partial charge on any atom is -0.493 e. The van der Waals surface area contributed by atoms with Crippen molar-refractivity contribution in [2.75, 3.05) is 21.3 Å².